The Balaban J connectivity index is 3.07. The zero-order valence-corrected chi connectivity index (χ0v) is 13.5. The number of methoxy groups -OCH3 is 1. The molecule has 1 aromatic carbocycles. The summed E-state index contributed by atoms with van der Waals surface area (Å²) in [6.07, 6.45) is 2.74. The smallest absolute Gasteiger partial charge is 0.331 e. The quantitative estimate of drug-likeness (QED) is 0.437. The molecule has 0 aliphatic rings. The summed E-state index contributed by atoms with van der Waals surface area (Å²) in [5.74, 6) is -0.295. The van der Waals surface area contributed by atoms with Gasteiger partial charge in [0.05, 0.1) is 12.0 Å². The fourth-order valence-electron chi connectivity index (χ4n) is 1.55. The molecular formula is C14H18ClNO4S. The summed E-state index contributed by atoms with van der Waals surface area (Å²) < 4.78 is 30.6. The molecule has 0 radical (unpaired) electrons. The number of sulfonamides is 1. The summed E-state index contributed by atoms with van der Waals surface area (Å²) in [6, 6.07) is 6.50. The van der Waals surface area contributed by atoms with E-state index in [1.165, 1.54) is 25.4 Å². The SMILES string of the molecule is COC(=O)/C=C/N(CCCCl)S(=O)(=O)c1ccc(C)cc1. The van der Waals surface area contributed by atoms with E-state index in [0.29, 0.717) is 12.3 Å². The van der Waals surface area contributed by atoms with E-state index in [1.807, 2.05) is 6.92 Å². The van der Waals surface area contributed by atoms with Gasteiger partial charge >= 0.3 is 5.97 Å². The topological polar surface area (TPSA) is 63.7 Å². The van der Waals surface area contributed by atoms with Crippen molar-refractivity contribution in [2.75, 3.05) is 19.5 Å². The summed E-state index contributed by atoms with van der Waals surface area (Å²) >= 11 is 5.62. The second-order valence-corrected chi connectivity index (χ2v) is 6.58. The van der Waals surface area contributed by atoms with Gasteiger partial charge in [0.1, 0.15) is 0 Å². The number of ether oxygens (including phenoxy) is 1. The van der Waals surface area contributed by atoms with Crippen molar-refractivity contribution >= 4 is 27.6 Å². The molecule has 0 saturated carbocycles. The molecule has 7 heteroatoms. The van der Waals surface area contributed by atoms with Gasteiger partial charge < -0.3 is 4.74 Å². The lowest BCUT2D eigenvalue weighted by atomic mass is 10.2. The number of nitrogens with zero attached hydrogens (tertiary/aromatic N) is 1. The van der Waals surface area contributed by atoms with Gasteiger partial charge in [-0.1, -0.05) is 17.7 Å². The fourth-order valence-corrected chi connectivity index (χ4v) is 3.01. The highest BCUT2D eigenvalue weighted by atomic mass is 35.5. The van der Waals surface area contributed by atoms with Gasteiger partial charge in [0, 0.05) is 24.7 Å². The van der Waals surface area contributed by atoms with Gasteiger partial charge in [-0.3, -0.25) is 4.31 Å². The Morgan fingerprint density at radius 3 is 2.48 bits per heavy atom. The largest absolute Gasteiger partial charge is 0.466 e. The fraction of sp³-hybridized carbons (Fsp3) is 0.357. The average Bonchev–Trinajstić information content (AvgIpc) is 2.47. The summed E-state index contributed by atoms with van der Waals surface area (Å²) in [6.45, 7) is 2.06. The Kier molecular flexibility index (Phi) is 6.71. The van der Waals surface area contributed by atoms with Crippen LogP contribution in [0, 0.1) is 6.92 Å². The van der Waals surface area contributed by atoms with Crippen molar-refractivity contribution in [3.05, 3.63) is 42.1 Å². The van der Waals surface area contributed by atoms with Crippen LogP contribution in [0.3, 0.4) is 0 Å². The van der Waals surface area contributed by atoms with Gasteiger partial charge in [-0.15, -0.1) is 11.6 Å². The van der Waals surface area contributed by atoms with E-state index in [0.717, 1.165) is 15.9 Å². The van der Waals surface area contributed by atoms with Crippen molar-refractivity contribution in [3.8, 4) is 0 Å². The molecule has 116 valence electrons. The summed E-state index contributed by atoms with van der Waals surface area (Å²) in [5, 5.41) is 0. The van der Waals surface area contributed by atoms with Gasteiger partial charge in [0.25, 0.3) is 10.0 Å². The molecule has 0 heterocycles. The molecule has 0 N–H and O–H groups in total. The second-order valence-electron chi connectivity index (χ2n) is 4.31. The van der Waals surface area contributed by atoms with Crippen molar-refractivity contribution in [1.29, 1.82) is 0 Å². The Morgan fingerprint density at radius 2 is 1.95 bits per heavy atom. The minimum Gasteiger partial charge on any atom is -0.466 e. The summed E-state index contributed by atoms with van der Waals surface area (Å²) in [5.41, 5.74) is 0.964. The molecule has 0 unspecified atom stereocenters. The first-order chi connectivity index (χ1) is 9.91. The number of carbonyl (C=O) groups excluding carboxylic acids is 1. The van der Waals surface area contributed by atoms with Crippen molar-refractivity contribution in [1.82, 2.24) is 4.31 Å². The molecule has 1 rings (SSSR count). The third-order valence-corrected chi connectivity index (χ3v) is 4.77. The first-order valence-corrected chi connectivity index (χ1v) is 8.30. The lowest BCUT2D eigenvalue weighted by Gasteiger charge is -2.20. The highest BCUT2D eigenvalue weighted by molar-refractivity contribution is 7.89. The van der Waals surface area contributed by atoms with E-state index >= 15 is 0 Å². The van der Waals surface area contributed by atoms with Crippen LogP contribution in [0.2, 0.25) is 0 Å². The molecule has 5 nitrogen and oxygen atoms in total. The maximum atomic E-state index is 12.5. The number of alkyl halides is 1. The molecule has 21 heavy (non-hydrogen) atoms. The molecular weight excluding hydrogens is 314 g/mol. The Bertz CT molecular complexity index is 596. The minimum atomic E-state index is -3.71. The van der Waals surface area contributed by atoms with Gasteiger partial charge in [0.2, 0.25) is 0 Å². The number of rotatable bonds is 7. The van der Waals surface area contributed by atoms with Crippen molar-refractivity contribution in [3.63, 3.8) is 0 Å². The van der Waals surface area contributed by atoms with Crippen LogP contribution in [0.15, 0.2) is 41.4 Å². The van der Waals surface area contributed by atoms with Crippen LogP contribution in [0.4, 0.5) is 0 Å². The van der Waals surface area contributed by atoms with Crippen LogP contribution in [0.5, 0.6) is 0 Å². The number of aryl methyl sites for hydroxylation is 1. The molecule has 0 spiro atoms. The number of esters is 1. The Hall–Kier alpha value is -1.53. The van der Waals surface area contributed by atoms with E-state index in [1.54, 1.807) is 12.1 Å². The highest BCUT2D eigenvalue weighted by Gasteiger charge is 2.21. The molecule has 0 aromatic heterocycles. The normalized spacial score (nSPS) is 11.6. The number of hydrogen-bond acceptors (Lipinski definition) is 4. The molecule has 1 aromatic rings. The molecule has 0 bridgehead atoms. The third kappa shape index (κ3) is 5.06. The Labute approximate surface area is 130 Å². The van der Waals surface area contributed by atoms with Crippen molar-refractivity contribution in [2.45, 2.75) is 18.2 Å². The van der Waals surface area contributed by atoms with Crippen molar-refractivity contribution < 1.29 is 17.9 Å². The first-order valence-electron chi connectivity index (χ1n) is 6.32. The lowest BCUT2D eigenvalue weighted by Crippen LogP contribution is -2.27. The van der Waals surface area contributed by atoms with Gasteiger partial charge in [0.15, 0.2) is 0 Å². The number of halogens is 1. The third-order valence-electron chi connectivity index (χ3n) is 2.72. The number of hydrogen-bond donors (Lipinski definition) is 0. The monoisotopic (exact) mass is 331 g/mol. The van der Waals surface area contributed by atoms with Crippen LogP contribution in [-0.4, -0.2) is 38.2 Å². The van der Waals surface area contributed by atoms with Crippen LogP contribution < -0.4 is 0 Å². The average molecular weight is 332 g/mol. The molecule has 0 amide bonds. The van der Waals surface area contributed by atoms with Gasteiger partial charge in [-0.25, -0.2) is 13.2 Å². The first kappa shape index (κ1) is 17.5. The molecule has 0 saturated heterocycles. The van der Waals surface area contributed by atoms with Crippen LogP contribution in [0.1, 0.15) is 12.0 Å². The predicted octanol–water partition coefficient (Wildman–Crippen LogP) is 2.30. The molecule has 0 fully saturated rings. The minimum absolute atomic E-state index is 0.164. The van der Waals surface area contributed by atoms with Crippen LogP contribution in [0.25, 0.3) is 0 Å². The molecule has 0 aliphatic carbocycles. The maximum Gasteiger partial charge on any atom is 0.331 e. The summed E-state index contributed by atoms with van der Waals surface area (Å²) in [7, 11) is -2.49. The molecule has 0 aliphatic heterocycles. The zero-order valence-electron chi connectivity index (χ0n) is 12.0. The van der Waals surface area contributed by atoms with E-state index in [2.05, 4.69) is 4.74 Å². The van der Waals surface area contributed by atoms with E-state index in [-0.39, 0.29) is 11.4 Å². The standard InChI is InChI=1S/C14H18ClNO4S/c1-12-4-6-13(7-5-12)21(18,19)16(10-3-9-15)11-8-14(17)20-2/h4-8,11H,3,9-10H2,1-2H3/b11-8+. The lowest BCUT2D eigenvalue weighted by molar-refractivity contribution is -0.134. The van der Waals surface area contributed by atoms with Gasteiger partial charge in [-0.05, 0) is 25.5 Å². The number of carbonyl (C=O) groups is 1. The predicted molar refractivity (Wildman–Crippen MR) is 81.6 cm³/mol. The molecule has 0 atom stereocenters. The van der Waals surface area contributed by atoms with Crippen LogP contribution >= 0.6 is 11.6 Å². The van der Waals surface area contributed by atoms with E-state index in [9.17, 15) is 13.2 Å². The van der Waals surface area contributed by atoms with Crippen LogP contribution in [-0.2, 0) is 19.6 Å². The zero-order chi connectivity index (χ0) is 15.9. The summed E-state index contributed by atoms with van der Waals surface area (Å²) in [4.78, 5) is 11.3. The maximum absolute atomic E-state index is 12.5. The van der Waals surface area contributed by atoms with Crippen molar-refractivity contribution in [2.24, 2.45) is 0 Å². The second kappa shape index (κ2) is 8.05. The Morgan fingerprint density at radius 1 is 1.33 bits per heavy atom. The van der Waals surface area contributed by atoms with E-state index < -0.39 is 16.0 Å². The highest BCUT2D eigenvalue weighted by Crippen LogP contribution is 2.17. The van der Waals surface area contributed by atoms with Gasteiger partial charge in [-0.2, -0.15) is 0 Å². The number of benzene rings is 1. The van der Waals surface area contributed by atoms with E-state index in [4.69, 9.17) is 11.6 Å².